The predicted octanol–water partition coefficient (Wildman–Crippen LogP) is 2.21. The molecule has 2 fully saturated rings. The molecule has 0 aromatic heterocycles. The van der Waals surface area contributed by atoms with Crippen molar-refractivity contribution in [2.45, 2.75) is 24.8 Å². The molecule has 0 bridgehead atoms. The van der Waals surface area contributed by atoms with Gasteiger partial charge in [-0.1, -0.05) is 30.3 Å². The lowest BCUT2D eigenvalue weighted by atomic mass is 9.68. The number of imide groups is 2. The van der Waals surface area contributed by atoms with Crippen molar-refractivity contribution in [1.29, 1.82) is 0 Å². The van der Waals surface area contributed by atoms with Crippen LogP contribution in [0.15, 0.2) is 48.5 Å². The van der Waals surface area contributed by atoms with Gasteiger partial charge >= 0.3 is 6.03 Å². The van der Waals surface area contributed by atoms with E-state index in [0.29, 0.717) is 18.5 Å². The molecule has 4 amide bonds. The maximum Gasteiger partial charge on any atom is 0.330 e. The van der Waals surface area contributed by atoms with Gasteiger partial charge in [0.1, 0.15) is 0 Å². The molecule has 0 unspecified atom stereocenters. The van der Waals surface area contributed by atoms with Gasteiger partial charge in [-0.05, 0) is 23.6 Å². The van der Waals surface area contributed by atoms with Crippen LogP contribution in [-0.2, 0) is 16.0 Å². The van der Waals surface area contributed by atoms with E-state index in [1.54, 1.807) is 6.07 Å². The lowest BCUT2D eigenvalue weighted by molar-refractivity contribution is -0.384. The van der Waals surface area contributed by atoms with E-state index >= 15 is 0 Å². The molecule has 2 aromatic rings. The van der Waals surface area contributed by atoms with Gasteiger partial charge in [0.25, 0.3) is 5.69 Å². The minimum Gasteiger partial charge on any atom is -0.366 e. The number of non-ortho nitro benzene ring substituents is 1. The van der Waals surface area contributed by atoms with E-state index in [2.05, 4.69) is 5.32 Å². The van der Waals surface area contributed by atoms with Crippen LogP contribution >= 0.6 is 0 Å². The van der Waals surface area contributed by atoms with Crippen molar-refractivity contribution in [2.75, 3.05) is 18.5 Å². The number of hydrogen-bond donors (Lipinski definition) is 1. The molecular weight excluding hydrogens is 400 g/mol. The van der Waals surface area contributed by atoms with Crippen LogP contribution in [0.25, 0.3) is 0 Å². The molecule has 158 valence electrons. The fourth-order valence-electron chi connectivity index (χ4n) is 5.29. The van der Waals surface area contributed by atoms with Crippen molar-refractivity contribution < 1.29 is 19.3 Å². The maximum absolute atomic E-state index is 13.4. The third-order valence-corrected chi connectivity index (χ3v) is 6.81. The average molecular weight is 420 g/mol. The second kappa shape index (κ2) is 6.63. The number of anilines is 1. The number of carbonyl (C=O) groups is 3. The number of amides is 4. The quantitative estimate of drug-likeness (QED) is 0.453. The van der Waals surface area contributed by atoms with Crippen LogP contribution in [0.1, 0.15) is 23.5 Å². The number of carbonyl (C=O) groups excluding carboxylic acids is 3. The van der Waals surface area contributed by atoms with Crippen molar-refractivity contribution in [3.05, 3.63) is 69.8 Å². The van der Waals surface area contributed by atoms with Gasteiger partial charge in [-0.25, -0.2) is 4.79 Å². The first-order valence-electron chi connectivity index (χ1n) is 10.1. The number of urea groups is 1. The van der Waals surface area contributed by atoms with Crippen LogP contribution in [-0.4, -0.2) is 47.3 Å². The molecule has 9 nitrogen and oxygen atoms in total. The second-order valence-electron chi connectivity index (χ2n) is 8.35. The van der Waals surface area contributed by atoms with Crippen molar-refractivity contribution >= 4 is 29.2 Å². The van der Waals surface area contributed by atoms with Gasteiger partial charge < -0.3 is 4.90 Å². The first-order chi connectivity index (χ1) is 14.8. The van der Waals surface area contributed by atoms with Crippen LogP contribution in [0.5, 0.6) is 0 Å². The SMILES string of the molecule is CN1C(=O)NC(=O)[C@]2(Cc3cc([N+](=O)[O-])ccc3N3C[C@@H](c4ccccc4)C[C@H]32)C1=O. The van der Waals surface area contributed by atoms with Gasteiger partial charge in [-0.15, -0.1) is 0 Å². The van der Waals surface area contributed by atoms with Gasteiger partial charge in [-0.2, -0.15) is 0 Å². The lowest BCUT2D eigenvalue weighted by Crippen LogP contribution is -2.70. The Morgan fingerprint density at radius 1 is 1.13 bits per heavy atom. The summed E-state index contributed by atoms with van der Waals surface area (Å²) in [5, 5.41) is 13.7. The Bertz CT molecular complexity index is 1130. The highest BCUT2D eigenvalue weighted by Gasteiger charge is 2.63. The van der Waals surface area contributed by atoms with E-state index in [1.165, 1.54) is 19.2 Å². The zero-order valence-corrected chi connectivity index (χ0v) is 16.8. The van der Waals surface area contributed by atoms with Crippen molar-refractivity contribution in [2.24, 2.45) is 5.41 Å². The molecule has 2 saturated heterocycles. The normalized spacial score (nSPS) is 27.2. The number of hydrogen-bond acceptors (Lipinski definition) is 6. The van der Waals surface area contributed by atoms with Crippen LogP contribution < -0.4 is 10.2 Å². The summed E-state index contributed by atoms with van der Waals surface area (Å²) in [6.45, 7) is 0.569. The summed E-state index contributed by atoms with van der Waals surface area (Å²) in [6.07, 6.45) is 0.566. The largest absolute Gasteiger partial charge is 0.366 e. The van der Waals surface area contributed by atoms with Gasteiger partial charge in [0.2, 0.25) is 11.8 Å². The van der Waals surface area contributed by atoms with Crippen LogP contribution in [0.3, 0.4) is 0 Å². The van der Waals surface area contributed by atoms with Crippen molar-refractivity contribution in [3.63, 3.8) is 0 Å². The fourth-order valence-corrected chi connectivity index (χ4v) is 5.29. The Labute approximate surface area is 177 Å². The predicted molar refractivity (Wildman–Crippen MR) is 110 cm³/mol. The fraction of sp³-hybridized carbons (Fsp3) is 0.318. The third-order valence-electron chi connectivity index (χ3n) is 6.81. The Hall–Kier alpha value is -3.75. The van der Waals surface area contributed by atoms with Gasteiger partial charge in [-0.3, -0.25) is 29.9 Å². The second-order valence-corrected chi connectivity index (χ2v) is 8.35. The molecule has 0 saturated carbocycles. The first kappa shape index (κ1) is 19.2. The molecule has 5 rings (SSSR count). The molecule has 2 aromatic carbocycles. The summed E-state index contributed by atoms with van der Waals surface area (Å²) >= 11 is 0. The molecule has 3 heterocycles. The number of nitrogens with zero attached hydrogens (tertiary/aromatic N) is 3. The highest BCUT2D eigenvalue weighted by Crippen LogP contribution is 2.51. The number of rotatable bonds is 2. The topological polar surface area (TPSA) is 113 Å². The summed E-state index contributed by atoms with van der Waals surface area (Å²) < 4.78 is 0. The molecule has 0 aliphatic carbocycles. The van der Waals surface area contributed by atoms with Crippen molar-refractivity contribution in [1.82, 2.24) is 10.2 Å². The summed E-state index contributed by atoms with van der Waals surface area (Å²) in [5.41, 5.74) is 0.835. The van der Waals surface area contributed by atoms with E-state index < -0.39 is 34.2 Å². The van der Waals surface area contributed by atoms with Crippen LogP contribution in [0, 0.1) is 15.5 Å². The minimum absolute atomic E-state index is 0.00891. The number of nitrogens with one attached hydrogen (secondary N) is 1. The number of benzene rings is 2. The van der Waals surface area contributed by atoms with Gasteiger partial charge in [0, 0.05) is 43.8 Å². The molecule has 0 radical (unpaired) electrons. The smallest absolute Gasteiger partial charge is 0.330 e. The Kier molecular flexibility index (Phi) is 4.11. The first-order valence-corrected chi connectivity index (χ1v) is 10.1. The summed E-state index contributed by atoms with van der Waals surface area (Å²) in [7, 11) is 1.35. The lowest BCUT2D eigenvalue weighted by Gasteiger charge is -2.48. The number of fused-ring (bicyclic) bond motifs is 4. The molecule has 9 heteroatoms. The van der Waals surface area contributed by atoms with Crippen molar-refractivity contribution in [3.8, 4) is 0 Å². The standard InChI is InChI=1S/C22H20N4O5/c1-24-20(28)22(19(27)23-21(24)29)11-14-9-16(26(30)31)7-8-17(14)25-12-15(10-18(22)25)13-5-3-2-4-6-13/h2-9,15,18H,10-12H2,1H3,(H,23,27,29)/t15-,18-,22+/m0/s1. The minimum atomic E-state index is -1.52. The van der Waals surface area contributed by atoms with E-state index in [1.807, 2.05) is 35.2 Å². The summed E-state index contributed by atoms with van der Waals surface area (Å²) in [6, 6.07) is 13.2. The monoisotopic (exact) mass is 420 g/mol. The summed E-state index contributed by atoms with van der Waals surface area (Å²) in [5.74, 6) is -1.13. The maximum atomic E-state index is 13.4. The Balaban J connectivity index is 1.67. The van der Waals surface area contributed by atoms with E-state index in [4.69, 9.17) is 0 Å². The van der Waals surface area contributed by atoms with Crippen LogP contribution in [0.4, 0.5) is 16.2 Å². The number of nitro groups is 1. The number of nitro benzene ring substituents is 1. The molecule has 1 spiro atoms. The van der Waals surface area contributed by atoms with Gasteiger partial charge in [0.05, 0.1) is 11.0 Å². The van der Waals surface area contributed by atoms with Gasteiger partial charge in [0.15, 0.2) is 5.41 Å². The van der Waals surface area contributed by atoms with E-state index in [-0.39, 0.29) is 18.0 Å². The van der Waals surface area contributed by atoms with E-state index in [0.717, 1.165) is 16.2 Å². The Morgan fingerprint density at radius 3 is 2.58 bits per heavy atom. The van der Waals surface area contributed by atoms with E-state index in [9.17, 15) is 24.5 Å². The Morgan fingerprint density at radius 2 is 1.87 bits per heavy atom. The molecule has 3 aliphatic rings. The highest BCUT2D eigenvalue weighted by molar-refractivity contribution is 6.20. The molecule has 3 atom stereocenters. The number of barbiturate groups is 1. The molecular formula is C22H20N4O5. The van der Waals surface area contributed by atoms with Crippen LogP contribution in [0.2, 0.25) is 0 Å². The third kappa shape index (κ3) is 2.66. The summed E-state index contributed by atoms with van der Waals surface area (Å²) in [4.78, 5) is 52.5. The molecule has 31 heavy (non-hydrogen) atoms. The average Bonchev–Trinajstić information content (AvgIpc) is 3.22. The molecule has 3 aliphatic heterocycles. The molecule has 1 N–H and O–H groups in total. The zero-order chi connectivity index (χ0) is 21.9. The zero-order valence-electron chi connectivity index (χ0n) is 16.8. The highest BCUT2D eigenvalue weighted by atomic mass is 16.6.